The fraction of sp³-hybridized carbons (Fsp3) is 0.846. The number of nitrogens with one attached hydrogen (secondary N) is 1. The summed E-state index contributed by atoms with van der Waals surface area (Å²) in [7, 11) is 0. The number of carbonyl (C=O) groups is 2. The summed E-state index contributed by atoms with van der Waals surface area (Å²) >= 11 is 1.70. The van der Waals surface area contributed by atoms with Crippen LogP contribution < -0.4 is 11.3 Å². The van der Waals surface area contributed by atoms with Crippen LogP contribution >= 0.6 is 11.8 Å². The lowest BCUT2D eigenvalue weighted by Gasteiger charge is -2.51. The van der Waals surface area contributed by atoms with Crippen LogP contribution in [0.2, 0.25) is 0 Å². The number of nitrogens with zero attached hydrogens (tertiary/aromatic N) is 2. The van der Waals surface area contributed by atoms with Gasteiger partial charge in [0.05, 0.1) is 17.7 Å². The Labute approximate surface area is 124 Å². The minimum absolute atomic E-state index is 0.154. The van der Waals surface area contributed by atoms with Gasteiger partial charge in [0.2, 0.25) is 11.8 Å². The van der Waals surface area contributed by atoms with E-state index in [4.69, 9.17) is 5.84 Å². The standard InChI is InChI=1S/C13H24N4O2S/c1-3-4-5-13(2)12-17(11(19)9-20-12)7-6-16(13)8-10(18)15-14/h12H,3-9,14H2,1-2H3,(H,15,18)/t12-,13+/m0/s1. The van der Waals surface area contributed by atoms with Gasteiger partial charge in [0.1, 0.15) is 0 Å². The van der Waals surface area contributed by atoms with Gasteiger partial charge in [-0.25, -0.2) is 5.84 Å². The minimum Gasteiger partial charge on any atom is -0.327 e. The summed E-state index contributed by atoms with van der Waals surface area (Å²) in [6, 6.07) is 0. The fourth-order valence-corrected chi connectivity index (χ4v) is 4.64. The Balaban J connectivity index is 2.18. The van der Waals surface area contributed by atoms with E-state index in [0.717, 1.165) is 25.8 Å². The maximum atomic E-state index is 11.9. The van der Waals surface area contributed by atoms with E-state index in [1.165, 1.54) is 0 Å². The molecule has 7 heteroatoms. The zero-order chi connectivity index (χ0) is 14.8. The van der Waals surface area contributed by atoms with Crippen molar-refractivity contribution in [1.29, 1.82) is 0 Å². The summed E-state index contributed by atoms with van der Waals surface area (Å²) in [5.41, 5.74) is 2.05. The van der Waals surface area contributed by atoms with Crippen molar-refractivity contribution in [3.8, 4) is 0 Å². The molecule has 0 aromatic carbocycles. The highest BCUT2D eigenvalue weighted by atomic mass is 32.2. The number of hydrogen-bond acceptors (Lipinski definition) is 5. The third-order valence-electron chi connectivity index (χ3n) is 4.37. The van der Waals surface area contributed by atoms with Gasteiger partial charge in [-0.1, -0.05) is 19.8 Å². The first-order chi connectivity index (χ1) is 9.52. The number of amides is 2. The lowest BCUT2D eigenvalue weighted by Crippen LogP contribution is -2.66. The van der Waals surface area contributed by atoms with Crippen molar-refractivity contribution in [1.82, 2.24) is 15.2 Å². The first-order valence-electron chi connectivity index (χ1n) is 7.18. The number of nitrogens with two attached hydrogens (primary N) is 1. The van der Waals surface area contributed by atoms with E-state index in [0.29, 0.717) is 18.8 Å². The second kappa shape index (κ2) is 6.32. The number of fused-ring (bicyclic) bond motifs is 1. The van der Waals surface area contributed by atoms with E-state index in [2.05, 4.69) is 24.2 Å². The van der Waals surface area contributed by atoms with Crippen LogP contribution in [0.4, 0.5) is 0 Å². The summed E-state index contributed by atoms with van der Waals surface area (Å²) in [5.74, 6) is 5.83. The van der Waals surface area contributed by atoms with Crippen LogP contribution in [0.25, 0.3) is 0 Å². The molecule has 0 radical (unpaired) electrons. The van der Waals surface area contributed by atoms with Gasteiger partial charge in [0.15, 0.2) is 0 Å². The SMILES string of the molecule is CCCC[C@]1(C)[C@@H]2SCC(=O)N2CCN1CC(=O)NN. The largest absolute Gasteiger partial charge is 0.327 e. The number of piperazine rings is 1. The molecular weight excluding hydrogens is 276 g/mol. The second-order valence-electron chi connectivity index (χ2n) is 5.70. The Hall–Kier alpha value is -0.790. The third-order valence-corrected chi connectivity index (χ3v) is 5.86. The highest BCUT2D eigenvalue weighted by Gasteiger charge is 2.50. The number of unbranched alkanes of at least 4 members (excludes halogenated alkanes) is 1. The van der Waals surface area contributed by atoms with Crippen molar-refractivity contribution in [2.24, 2.45) is 5.84 Å². The highest BCUT2D eigenvalue weighted by molar-refractivity contribution is 8.01. The van der Waals surface area contributed by atoms with Gasteiger partial charge in [-0.2, -0.15) is 0 Å². The molecule has 0 saturated carbocycles. The van der Waals surface area contributed by atoms with E-state index in [9.17, 15) is 9.59 Å². The Morgan fingerprint density at radius 3 is 2.95 bits per heavy atom. The van der Waals surface area contributed by atoms with Gasteiger partial charge >= 0.3 is 0 Å². The molecule has 0 bridgehead atoms. The number of carbonyl (C=O) groups excluding carboxylic acids is 2. The number of hydrogen-bond donors (Lipinski definition) is 2. The predicted octanol–water partition coefficient (Wildman–Crippen LogP) is 0.142. The average molecular weight is 300 g/mol. The molecule has 2 aliphatic heterocycles. The van der Waals surface area contributed by atoms with Gasteiger partial charge in [0.25, 0.3) is 0 Å². The van der Waals surface area contributed by atoms with Crippen molar-refractivity contribution in [2.45, 2.75) is 44.0 Å². The third kappa shape index (κ3) is 2.80. The molecule has 114 valence electrons. The summed E-state index contributed by atoms with van der Waals surface area (Å²) in [6.45, 7) is 6.07. The van der Waals surface area contributed by atoms with Crippen LogP contribution in [-0.2, 0) is 9.59 Å². The Kier molecular flexibility index (Phi) is 4.93. The predicted molar refractivity (Wildman–Crippen MR) is 79.8 cm³/mol. The summed E-state index contributed by atoms with van der Waals surface area (Å²) in [6.07, 6.45) is 3.19. The maximum Gasteiger partial charge on any atom is 0.248 e. The molecule has 2 amide bonds. The van der Waals surface area contributed by atoms with E-state index >= 15 is 0 Å². The Bertz CT molecular complexity index is 393. The monoisotopic (exact) mass is 300 g/mol. The van der Waals surface area contributed by atoms with Crippen LogP contribution in [0.3, 0.4) is 0 Å². The molecule has 0 aromatic rings. The maximum absolute atomic E-state index is 11.9. The fourth-order valence-electron chi connectivity index (χ4n) is 3.15. The molecule has 0 unspecified atom stereocenters. The molecule has 6 nitrogen and oxygen atoms in total. The van der Waals surface area contributed by atoms with Crippen molar-refractivity contribution >= 4 is 23.6 Å². The molecule has 20 heavy (non-hydrogen) atoms. The van der Waals surface area contributed by atoms with Crippen LogP contribution in [-0.4, -0.2) is 57.9 Å². The molecule has 3 N–H and O–H groups in total. The summed E-state index contributed by atoms with van der Waals surface area (Å²) in [4.78, 5) is 27.8. The molecule has 2 saturated heterocycles. The molecule has 0 aliphatic carbocycles. The van der Waals surface area contributed by atoms with Crippen molar-refractivity contribution in [3.05, 3.63) is 0 Å². The molecule has 0 spiro atoms. The zero-order valence-electron chi connectivity index (χ0n) is 12.2. The van der Waals surface area contributed by atoms with Gasteiger partial charge < -0.3 is 4.90 Å². The van der Waals surface area contributed by atoms with E-state index in [1.54, 1.807) is 11.8 Å². The number of rotatable bonds is 5. The van der Waals surface area contributed by atoms with Gasteiger partial charge in [-0.3, -0.25) is 19.9 Å². The number of hydrazine groups is 1. The van der Waals surface area contributed by atoms with E-state index < -0.39 is 0 Å². The lowest BCUT2D eigenvalue weighted by atomic mass is 9.89. The molecule has 0 aromatic heterocycles. The van der Waals surface area contributed by atoms with Crippen LogP contribution in [0.15, 0.2) is 0 Å². The Morgan fingerprint density at radius 2 is 2.30 bits per heavy atom. The molecule has 2 aliphatic rings. The minimum atomic E-state index is -0.171. The van der Waals surface area contributed by atoms with Gasteiger partial charge in [-0.05, 0) is 13.3 Å². The van der Waals surface area contributed by atoms with Gasteiger partial charge in [0, 0.05) is 18.6 Å². The van der Waals surface area contributed by atoms with Gasteiger partial charge in [-0.15, -0.1) is 11.8 Å². The summed E-state index contributed by atoms with van der Waals surface area (Å²) in [5, 5.41) is 0.154. The number of thioether (sulfide) groups is 1. The van der Waals surface area contributed by atoms with Crippen molar-refractivity contribution < 1.29 is 9.59 Å². The second-order valence-corrected chi connectivity index (χ2v) is 6.77. The smallest absolute Gasteiger partial charge is 0.248 e. The molecule has 2 fully saturated rings. The van der Waals surface area contributed by atoms with E-state index in [-0.39, 0.29) is 22.7 Å². The van der Waals surface area contributed by atoms with Crippen LogP contribution in [0.1, 0.15) is 33.1 Å². The lowest BCUT2D eigenvalue weighted by molar-refractivity contribution is -0.135. The van der Waals surface area contributed by atoms with Crippen molar-refractivity contribution in [3.63, 3.8) is 0 Å². The first kappa shape index (κ1) is 15.6. The Morgan fingerprint density at radius 1 is 1.55 bits per heavy atom. The van der Waals surface area contributed by atoms with Crippen LogP contribution in [0.5, 0.6) is 0 Å². The summed E-state index contributed by atoms with van der Waals surface area (Å²) < 4.78 is 0. The molecule has 2 heterocycles. The molecule has 2 atom stereocenters. The zero-order valence-corrected chi connectivity index (χ0v) is 13.0. The topological polar surface area (TPSA) is 78.7 Å². The average Bonchev–Trinajstić information content (AvgIpc) is 2.82. The van der Waals surface area contributed by atoms with Crippen LogP contribution in [0, 0.1) is 0 Å². The molecule has 2 rings (SSSR count). The molecular formula is C13H24N4O2S. The quantitative estimate of drug-likeness (QED) is 0.429. The van der Waals surface area contributed by atoms with E-state index in [1.807, 2.05) is 4.90 Å². The first-order valence-corrected chi connectivity index (χ1v) is 8.23. The normalized spacial score (nSPS) is 30.4. The highest BCUT2D eigenvalue weighted by Crippen LogP contribution is 2.42. The van der Waals surface area contributed by atoms with Crippen molar-refractivity contribution in [2.75, 3.05) is 25.4 Å².